The van der Waals surface area contributed by atoms with E-state index in [1.807, 2.05) is 0 Å². The molecule has 0 bridgehead atoms. The molecular weight excluding hydrogens is 341 g/mol. The van der Waals surface area contributed by atoms with E-state index < -0.39 is 0 Å². The average molecular weight is 358 g/mol. The molecule has 0 radical (unpaired) electrons. The van der Waals surface area contributed by atoms with E-state index in [0.29, 0.717) is 21.2 Å². The van der Waals surface area contributed by atoms with E-state index in [4.69, 9.17) is 12.2 Å². The number of nitrogens with zero attached hydrogens (tertiary/aromatic N) is 1. The predicted molar refractivity (Wildman–Crippen MR) is 87.4 cm³/mol. The van der Waals surface area contributed by atoms with Gasteiger partial charge in [0, 0.05) is 16.1 Å². The zero-order chi connectivity index (χ0) is 14.4. The summed E-state index contributed by atoms with van der Waals surface area (Å²) in [5.41, 5.74) is 3.15. The lowest BCUT2D eigenvalue weighted by Crippen LogP contribution is -2.40. The molecule has 0 aromatic heterocycles. The smallest absolute Gasteiger partial charge is 0.187 e. The van der Waals surface area contributed by atoms with E-state index in [0.717, 1.165) is 12.8 Å². The van der Waals surface area contributed by atoms with Crippen LogP contribution in [0.4, 0.5) is 4.39 Å². The van der Waals surface area contributed by atoms with Gasteiger partial charge in [-0.25, -0.2) is 4.39 Å². The molecule has 1 fully saturated rings. The maximum absolute atomic E-state index is 13.6. The Labute approximate surface area is 132 Å². The SMILES string of the molecule is Fc1cc(Br)ccc1/C=N\NC(=S)NC1CCCCC1. The molecule has 1 aromatic carbocycles. The van der Waals surface area contributed by atoms with E-state index in [9.17, 15) is 4.39 Å². The van der Waals surface area contributed by atoms with Crippen molar-refractivity contribution in [2.45, 2.75) is 38.1 Å². The number of hydrogen-bond donors (Lipinski definition) is 2. The first-order valence-corrected chi connectivity index (χ1v) is 7.90. The van der Waals surface area contributed by atoms with Gasteiger partial charge in [0.1, 0.15) is 5.82 Å². The first kappa shape index (κ1) is 15.4. The van der Waals surface area contributed by atoms with E-state index in [2.05, 4.69) is 31.8 Å². The van der Waals surface area contributed by atoms with Crippen LogP contribution < -0.4 is 10.7 Å². The number of thiocarbonyl (C=S) groups is 1. The third kappa shape index (κ3) is 4.83. The van der Waals surface area contributed by atoms with Crippen molar-refractivity contribution in [1.82, 2.24) is 10.7 Å². The molecule has 3 nitrogen and oxygen atoms in total. The van der Waals surface area contributed by atoms with Gasteiger partial charge in [0.2, 0.25) is 0 Å². The molecule has 1 aliphatic carbocycles. The van der Waals surface area contributed by atoms with Crippen LogP contribution in [0.3, 0.4) is 0 Å². The van der Waals surface area contributed by atoms with Crippen molar-refractivity contribution in [1.29, 1.82) is 0 Å². The van der Waals surface area contributed by atoms with Gasteiger partial charge in [0.05, 0.1) is 6.21 Å². The molecule has 0 amide bonds. The summed E-state index contributed by atoms with van der Waals surface area (Å²) < 4.78 is 14.3. The average Bonchev–Trinajstić information content (AvgIpc) is 2.42. The molecule has 1 aromatic rings. The first-order chi connectivity index (χ1) is 9.65. The van der Waals surface area contributed by atoms with Gasteiger partial charge in [0.25, 0.3) is 0 Å². The number of benzene rings is 1. The monoisotopic (exact) mass is 357 g/mol. The summed E-state index contributed by atoms with van der Waals surface area (Å²) in [4.78, 5) is 0. The van der Waals surface area contributed by atoms with Crippen LogP contribution in [-0.4, -0.2) is 17.4 Å². The van der Waals surface area contributed by atoms with E-state index in [1.165, 1.54) is 31.5 Å². The highest BCUT2D eigenvalue weighted by Crippen LogP contribution is 2.17. The standard InChI is InChI=1S/C14H17BrFN3S/c15-11-7-6-10(13(16)8-11)9-17-19-14(20)18-12-4-2-1-3-5-12/h6-9,12H,1-5H2,(H2,18,19,20)/b17-9-. The number of hydrazone groups is 1. The third-order valence-electron chi connectivity index (χ3n) is 3.27. The van der Waals surface area contributed by atoms with Gasteiger partial charge >= 0.3 is 0 Å². The Bertz CT molecular complexity index is 501. The summed E-state index contributed by atoms with van der Waals surface area (Å²) in [5.74, 6) is -0.323. The van der Waals surface area contributed by atoms with Crippen molar-refractivity contribution in [3.8, 4) is 0 Å². The minimum atomic E-state index is -0.323. The zero-order valence-electron chi connectivity index (χ0n) is 11.0. The van der Waals surface area contributed by atoms with E-state index in [-0.39, 0.29) is 5.82 Å². The van der Waals surface area contributed by atoms with Crippen LogP contribution in [0.5, 0.6) is 0 Å². The number of halogens is 2. The van der Waals surface area contributed by atoms with E-state index in [1.54, 1.807) is 12.1 Å². The molecule has 108 valence electrons. The fourth-order valence-corrected chi connectivity index (χ4v) is 2.78. The van der Waals surface area contributed by atoms with Crippen LogP contribution in [0.25, 0.3) is 0 Å². The van der Waals surface area contributed by atoms with Crippen LogP contribution >= 0.6 is 28.1 Å². The molecule has 20 heavy (non-hydrogen) atoms. The molecule has 0 saturated heterocycles. The highest BCUT2D eigenvalue weighted by Gasteiger charge is 2.13. The number of rotatable bonds is 3. The van der Waals surface area contributed by atoms with Crippen molar-refractivity contribution in [3.05, 3.63) is 34.1 Å². The summed E-state index contributed by atoms with van der Waals surface area (Å²) in [7, 11) is 0. The van der Waals surface area contributed by atoms with Gasteiger partial charge in [-0.15, -0.1) is 0 Å². The van der Waals surface area contributed by atoms with Crippen LogP contribution in [0.15, 0.2) is 27.8 Å². The molecule has 2 N–H and O–H groups in total. The zero-order valence-corrected chi connectivity index (χ0v) is 13.4. The minimum Gasteiger partial charge on any atom is -0.359 e. The van der Waals surface area contributed by atoms with Gasteiger partial charge < -0.3 is 5.32 Å². The molecule has 6 heteroatoms. The Kier molecular flexibility index (Phi) is 5.91. The number of nitrogens with one attached hydrogen (secondary N) is 2. The third-order valence-corrected chi connectivity index (χ3v) is 3.98. The summed E-state index contributed by atoms with van der Waals surface area (Å²) in [6.07, 6.45) is 7.51. The molecule has 0 spiro atoms. The number of hydrogen-bond acceptors (Lipinski definition) is 2. The second-order valence-corrected chi connectivity index (χ2v) is 6.17. The Morgan fingerprint density at radius 1 is 1.35 bits per heavy atom. The van der Waals surface area contributed by atoms with Crippen LogP contribution in [0, 0.1) is 5.82 Å². The molecule has 2 rings (SSSR count). The first-order valence-electron chi connectivity index (χ1n) is 6.70. The lowest BCUT2D eigenvalue weighted by atomic mass is 9.96. The van der Waals surface area contributed by atoms with Crippen LogP contribution in [-0.2, 0) is 0 Å². The van der Waals surface area contributed by atoms with Crippen molar-refractivity contribution in [2.24, 2.45) is 5.10 Å². The van der Waals surface area contributed by atoms with Crippen molar-refractivity contribution >= 4 is 39.5 Å². The van der Waals surface area contributed by atoms with Crippen LogP contribution in [0.2, 0.25) is 0 Å². The summed E-state index contributed by atoms with van der Waals surface area (Å²) in [6.45, 7) is 0. The van der Waals surface area contributed by atoms with Crippen LogP contribution in [0.1, 0.15) is 37.7 Å². The van der Waals surface area contributed by atoms with Crippen molar-refractivity contribution < 1.29 is 4.39 Å². The summed E-state index contributed by atoms with van der Waals surface area (Å²) in [6, 6.07) is 5.26. The topological polar surface area (TPSA) is 36.4 Å². The fraction of sp³-hybridized carbons (Fsp3) is 0.429. The highest BCUT2D eigenvalue weighted by atomic mass is 79.9. The second-order valence-electron chi connectivity index (χ2n) is 4.84. The van der Waals surface area contributed by atoms with Gasteiger partial charge in [-0.2, -0.15) is 5.10 Å². The predicted octanol–water partition coefficient (Wildman–Crippen LogP) is 3.72. The molecule has 0 unspecified atom stereocenters. The maximum atomic E-state index is 13.6. The molecular formula is C14H17BrFN3S. The molecule has 0 atom stereocenters. The Balaban J connectivity index is 1.81. The van der Waals surface area contributed by atoms with Gasteiger partial charge in [-0.3, -0.25) is 5.43 Å². The normalized spacial score (nSPS) is 16.3. The highest BCUT2D eigenvalue weighted by molar-refractivity contribution is 9.10. The molecule has 0 aliphatic heterocycles. The van der Waals surface area contributed by atoms with Gasteiger partial charge in [-0.05, 0) is 43.3 Å². The van der Waals surface area contributed by atoms with E-state index >= 15 is 0 Å². The largest absolute Gasteiger partial charge is 0.359 e. The second kappa shape index (κ2) is 7.69. The Morgan fingerprint density at radius 3 is 2.80 bits per heavy atom. The minimum absolute atomic E-state index is 0.323. The molecule has 1 saturated carbocycles. The van der Waals surface area contributed by atoms with Gasteiger partial charge in [-0.1, -0.05) is 35.2 Å². The maximum Gasteiger partial charge on any atom is 0.187 e. The fourth-order valence-electron chi connectivity index (χ4n) is 2.23. The quantitative estimate of drug-likeness (QED) is 0.491. The lowest BCUT2D eigenvalue weighted by molar-refractivity contribution is 0.412. The molecule has 1 aliphatic rings. The van der Waals surface area contributed by atoms with Gasteiger partial charge in [0.15, 0.2) is 5.11 Å². The summed E-state index contributed by atoms with van der Waals surface area (Å²) >= 11 is 8.38. The summed E-state index contributed by atoms with van der Waals surface area (Å²) in [5, 5.41) is 7.69. The molecule has 0 heterocycles. The Morgan fingerprint density at radius 2 is 2.10 bits per heavy atom. The van der Waals surface area contributed by atoms with Crippen molar-refractivity contribution in [3.63, 3.8) is 0 Å². The van der Waals surface area contributed by atoms with Crippen molar-refractivity contribution in [2.75, 3.05) is 0 Å². The Hall–Kier alpha value is -1.01. The lowest BCUT2D eigenvalue weighted by Gasteiger charge is -2.23.